The summed E-state index contributed by atoms with van der Waals surface area (Å²) in [6.45, 7) is 4.37. The van der Waals surface area contributed by atoms with Gasteiger partial charge < -0.3 is 9.73 Å². The van der Waals surface area contributed by atoms with Gasteiger partial charge in [-0.15, -0.1) is 0 Å². The highest BCUT2D eigenvalue weighted by atomic mass is 79.9. The third-order valence-corrected chi connectivity index (χ3v) is 7.19. The Morgan fingerprint density at radius 3 is 2.68 bits per heavy atom. The van der Waals surface area contributed by atoms with E-state index < -0.39 is 0 Å². The Kier molecular flexibility index (Phi) is 6.15. The summed E-state index contributed by atoms with van der Waals surface area (Å²) in [5.74, 6) is 0.702. The molecule has 1 amide bonds. The van der Waals surface area contributed by atoms with Crippen molar-refractivity contribution in [3.63, 3.8) is 0 Å². The summed E-state index contributed by atoms with van der Waals surface area (Å²) >= 11 is 9.99. The van der Waals surface area contributed by atoms with Crippen LogP contribution in [0.2, 0.25) is 5.02 Å². The van der Waals surface area contributed by atoms with Crippen LogP contribution in [-0.4, -0.2) is 10.9 Å². The number of anilines is 1. The first-order valence-corrected chi connectivity index (χ1v) is 12.3. The van der Waals surface area contributed by atoms with E-state index in [0.29, 0.717) is 28.1 Å². The normalized spacial score (nSPS) is 12.2. The van der Waals surface area contributed by atoms with Crippen molar-refractivity contribution in [3.8, 4) is 11.5 Å². The van der Waals surface area contributed by atoms with E-state index in [1.807, 2.05) is 42.5 Å². The van der Waals surface area contributed by atoms with Crippen LogP contribution in [0.3, 0.4) is 0 Å². The first-order chi connectivity index (χ1) is 16.4. The van der Waals surface area contributed by atoms with Gasteiger partial charge in [-0.25, -0.2) is 4.98 Å². The summed E-state index contributed by atoms with van der Waals surface area (Å²) in [5.41, 5.74) is 4.58. The lowest BCUT2D eigenvalue weighted by atomic mass is 9.98. The number of nitrogens with one attached hydrogen (secondary N) is 1. The summed E-state index contributed by atoms with van der Waals surface area (Å²) in [5, 5.41) is 5.23. The molecule has 5 aromatic rings. The summed E-state index contributed by atoms with van der Waals surface area (Å²) in [6.07, 6.45) is 1.06. The fraction of sp³-hybridized carbons (Fsp3) is 0.143. The SMILES string of the molecule is CC[C@@H](C)c1ccc2oc(-c3ccc(Cl)c(NC(=O)c4cccc5c(Br)cccc45)c3)nc2c1. The Morgan fingerprint density at radius 1 is 1.06 bits per heavy atom. The average Bonchev–Trinajstić information content (AvgIpc) is 3.28. The molecule has 1 aromatic heterocycles. The van der Waals surface area contributed by atoms with E-state index in [2.05, 4.69) is 47.2 Å². The summed E-state index contributed by atoms with van der Waals surface area (Å²) < 4.78 is 6.94. The Balaban J connectivity index is 1.48. The van der Waals surface area contributed by atoms with E-state index in [1.165, 1.54) is 5.56 Å². The third kappa shape index (κ3) is 4.22. The minimum atomic E-state index is -0.237. The molecule has 0 aliphatic rings. The second kappa shape index (κ2) is 9.24. The highest BCUT2D eigenvalue weighted by Crippen LogP contribution is 2.33. The number of carbonyl (C=O) groups is 1. The molecule has 0 saturated heterocycles. The fourth-order valence-corrected chi connectivity index (χ4v) is 4.69. The quantitative estimate of drug-likeness (QED) is 0.245. The largest absolute Gasteiger partial charge is 0.436 e. The van der Waals surface area contributed by atoms with Crippen LogP contribution in [0.25, 0.3) is 33.3 Å². The van der Waals surface area contributed by atoms with Gasteiger partial charge in [0.15, 0.2) is 5.58 Å². The monoisotopic (exact) mass is 532 g/mol. The van der Waals surface area contributed by atoms with Crippen molar-refractivity contribution < 1.29 is 9.21 Å². The van der Waals surface area contributed by atoms with Crippen LogP contribution in [0.5, 0.6) is 0 Å². The van der Waals surface area contributed by atoms with Crippen molar-refractivity contribution in [1.82, 2.24) is 4.98 Å². The number of nitrogens with zero attached hydrogens (tertiary/aromatic N) is 1. The van der Waals surface area contributed by atoms with Crippen LogP contribution in [0.1, 0.15) is 42.1 Å². The van der Waals surface area contributed by atoms with Crippen LogP contribution in [0.4, 0.5) is 5.69 Å². The molecular formula is C28H22BrClN2O2. The molecule has 0 fully saturated rings. The van der Waals surface area contributed by atoms with Crippen molar-refractivity contribution in [1.29, 1.82) is 0 Å². The number of rotatable bonds is 5. The summed E-state index contributed by atoms with van der Waals surface area (Å²) in [7, 11) is 0. The number of fused-ring (bicyclic) bond motifs is 2. The van der Waals surface area contributed by atoms with Crippen LogP contribution in [0.15, 0.2) is 81.7 Å². The van der Waals surface area contributed by atoms with Crippen LogP contribution in [-0.2, 0) is 0 Å². The van der Waals surface area contributed by atoms with Crippen molar-refractivity contribution in [2.75, 3.05) is 5.32 Å². The molecule has 4 aromatic carbocycles. The molecule has 0 spiro atoms. The van der Waals surface area contributed by atoms with E-state index in [-0.39, 0.29) is 5.91 Å². The third-order valence-electron chi connectivity index (χ3n) is 6.17. The lowest BCUT2D eigenvalue weighted by Gasteiger charge is -2.11. The number of hydrogen-bond acceptors (Lipinski definition) is 3. The van der Waals surface area contributed by atoms with E-state index in [4.69, 9.17) is 21.0 Å². The van der Waals surface area contributed by atoms with Crippen molar-refractivity contribution in [2.45, 2.75) is 26.2 Å². The second-order valence-corrected chi connectivity index (χ2v) is 9.61. The van der Waals surface area contributed by atoms with Gasteiger partial charge in [-0.05, 0) is 71.1 Å². The number of oxazole rings is 1. The molecule has 1 atom stereocenters. The standard InChI is InChI=1S/C28H22BrClN2O2/c1-3-16(2)17-11-13-26-25(14-17)32-28(34-26)18-10-12-23(30)24(15-18)31-27(33)21-8-4-7-20-19(21)6-5-9-22(20)29/h4-16H,3H2,1-2H3,(H,31,33)/t16-/m1/s1. The highest BCUT2D eigenvalue weighted by Gasteiger charge is 2.16. The van der Waals surface area contributed by atoms with Crippen molar-refractivity contribution >= 4 is 61.0 Å². The molecule has 0 saturated carbocycles. The highest BCUT2D eigenvalue weighted by molar-refractivity contribution is 9.10. The molecule has 0 aliphatic heterocycles. The predicted octanol–water partition coefficient (Wildman–Crippen LogP) is 8.83. The molecule has 0 unspecified atom stereocenters. The molecule has 4 nitrogen and oxygen atoms in total. The maximum Gasteiger partial charge on any atom is 0.256 e. The van der Waals surface area contributed by atoms with Gasteiger partial charge in [-0.3, -0.25) is 4.79 Å². The average molecular weight is 534 g/mol. The molecule has 170 valence electrons. The first kappa shape index (κ1) is 22.6. The van der Waals surface area contributed by atoms with E-state index >= 15 is 0 Å². The minimum absolute atomic E-state index is 0.237. The van der Waals surface area contributed by atoms with Crippen molar-refractivity contribution in [3.05, 3.63) is 93.4 Å². The van der Waals surface area contributed by atoms with Gasteiger partial charge in [0.1, 0.15) is 5.52 Å². The summed E-state index contributed by atoms with van der Waals surface area (Å²) in [6, 6.07) is 22.9. The zero-order valence-corrected chi connectivity index (χ0v) is 21.1. The Morgan fingerprint density at radius 2 is 1.85 bits per heavy atom. The van der Waals surface area contributed by atoms with E-state index in [1.54, 1.807) is 18.2 Å². The van der Waals surface area contributed by atoms with Crippen LogP contribution < -0.4 is 5.32 Å². The van der Waals surface area contributed by atoms with Gasteiger partial charge in [0, 0.05) is 15.6 Å². The van der Waals surface area contributed by atoms with Gasteiger partial charge >= 0.3 is 0 Å². The molecular weight excluding hydrogens is 512 g/mol. The smallest absolute Gasteiger partial charge is 0.256 e. The lowest BCUT2D eigenvalue weighted by molar-refractivity contribution is 0.102. The van der Waals surface area contributed by atoms with E-state index in [0.717, 1.165) is 38.3 Å². The number of hydrogen-bond donors (Lipinski definition) is 1. The zero-order valence-electron chi connectivity index (χ0n) is 18.7. The molecule has 1 N–H and O–H groups in total. The maximum absolute atomic E-state index is 13.2. The second-order valence-electron chi connectivity index (χ2n) is 8.34. The Labute approximate surface area is 211 Å². The molecule has 0 aliphatic carbocycles. The lowest BCUT2D eigenvalue weighted by Crippen LogP contribution is -2.12. The Bertz CT molecular complexity index is 1540. The van der Waals surface area contributed by atoms with Crippen LogP contribution >= 0.6 is 27.5 Å². The molecule has 34 heavy (non-hydrogen) atoms. The van der Waals surface area contributed by atoms with Gasteiger partial charge in [0.25, 0.3) is 5.91 Å². The first-order valence-electron chi connectivity index (χ1n) is 11.1. The van der Waals surface area contributed by atoms with Gasteiger partial charge in [-0.1, -0.05) is 71.7 Å². The number of halogens is 2. The van der Waals surface area contributed by atoms with Gasteiger partial charge in [0.2, 0.25) is 5.89 Å². The number of aromatic nitrogens is 1. The molecule has 6 heteroatoms. The summed E-state index contributed by atoms with van der Waals surface area (Å²) in [4.78, 5) is 17.9. The van der Waals surface area contributed by atoms with Gasteiger partial charge in [-0.2, -0.15) is 0 Å². The van der Waals surface area contributed by atoms with E-state index in [9.17, 15) is 4.79 Å². The van der Waals surface area contributed by atoms with Crippen LogP contribution in [0, 0.1) is 0 Å². The minimum Gasteiger partial charge on any atom is -0.436 e. The molecule has 5 rings (SSSR count). The number of carbonyl (C=O) groups excluding carboxylic acids is 1. The topological polar surface area (TPSA) is 55.1 Å². The number of amides is 1. The number of benzene rings is 4. The van der Waals surface area contributed by atoms with Gasteiger partial charge in [0.05, 0.1) is 10.7 Å². The molecule has 0 bridgehead atoms. The fourth-order valence-electron chi connectivity index (χ4n) is 4.02. The molecule has 0 radical (unpaired) electrons. The Hall–Kier alpha value is -3.15. The molecule has 1 heterocycles. The predicted molar refractivity (Wildman–Crippen MR) is 143 cm³/mol. The maximum atomic E-state index is 13.2. The zero-order chi connectivity index (χ0) is 23.8. The van der Waals surface area contributed by atoms with Crippen molar-refractivity contribution in [2.24, 2.45) is 0 Å².